The van der Waals surface area contributed by atoms with Crippen molar-refractivity contribution in [3.05, 3.63) is 0 Å². The van der Waals surface area contributed by atoms with Crippen LogP contribution in [0.5, 0.6) is 0 Å². The highest BCUT2D eigenvalue weighted by Crippen LogP contribution is 2.18. The van der Waals surface area contributed by atoms with Crippen LogP contribution in [0.4, 0.5) is 0 Å². The first kappa shape index (κ1) is 21.5. The minimum absolute atomic E-state index is 0.0247. The summed E-state index contributed by atoms with van der Waals surface area (Å²) in [5.74, 6) is 0.299. The molecule has 27 heavy (non-hydrogen) atoms. The molecule has 2 atom stereocenters. The van der Waals surface area contributed by atoms with Gasteiger partial charge in [-0.05, 0) is 26.2 Å². The second-order valence-corrected chi connectivity index (χ2v) is 9.16. The van der Waals surface area contributed by atoms with Gasteiger partial charge in [0.05, 0.1) is 24.0 Å². The molecule has 9 nitrogen and oxygen atoms in total. The van der Waals surface area contributed by atoms with Gasteiger partial charge >= 0.3 is 5.97 Å². The van der Waals surface area contributed by atoms with Crippen molar-refractivity contribution in [3.8, 4) is 0 Å². The molecule has 0 aromatic heterocycles. The van der Waals surface area contributed by atoms with Crippen LogP contribution in [0.2, 0.25) is 0 Å². The van der Waals surface area contributed by atoms with E-state index in [4.69, 9.17) is 4.74 Å². The van der Waals surface area contributed by atoms with E-state index in [0.29, 0.717) is 32.1 Å². The maximum absolute atomic E-state index is 12.0. The minimum Gasteiger partial charge on any atom is -0.466 e. The van der Waals surface area contributed by atoms with E-state index >= 15 is 0 Å². The Morgan fingerprint density at radius 3 is 2.70 bits per heavy atom. The van der Waals surface area contributed by atoms with Crippen LogP contribution in [0.3, 0.4) is 0 Å². The number of aliphatic imine (C=N–C) groups is 1. The summed E-state index contributed by atoms with van der Waals surface area (Å²) in [4.78, 5) is 30.2. The lowest BCUT2D eigenvalue weighted by molar-refractivity contribution is -0.149. The fourth-order valence-electron chi connectivity index (χ4n) is 3.45. The highest BCUT2D eigenvalue weighted by atomic mass is 32.2. The van der Waals surface area contributed by atoms with Crippen LogP contribution in [0, 0.1) is 5.92 Å². The van der Waals surface area contributed by atoms with Crippen LogP contribution < -0.4 is 10.6 Å². The number of esters is 1. The lowest BCUT2D eigenvalue weighted by Crippen LogP contribution is -2.49. The van der Waals surface area contributed by atoms with Crippen molar-refractivity contribution in [1.29, 1.82) is 0 Å². The van der Waals surface area contributed by atoms with Crippen molar-refractivity contribution >= 4 is 27.7 Å². The Morgan fingerprint density at radius 1 is 1.30 bits per heavy atom. The van der Waals surface area contributed by atoms with Gasteiger partial charge in [-0.2, -0.15) is 0 Å². The molecule has 0 aliphatic carbocycles. The standard InChI is InChI=1S/C17H30N4O5S/c1-3-26-16(23)13-5-4-9-21(11-13)17(18-2)19-8-6-15(22)20-14-7-10-27(24,25)12-14/h13-14H,3-12H2,1-2H3,(H,18,19)(H,20,22). The third kappa shape index (κ3) is 6.67. The Kier molecular flexibility index (Phi) is 7.88. The number of carbonyl (C=O) groups is 2. The summed E-state index contributed by atoms with van der Waals surface area (Å²) in [7, 11) is -1.34. The van der Waals surface area contributed by atoms with E-state index in [0.717, 1.165) is 19.4 Å². The van der Waals surface area contributed by atoms with Crippen molar-refractivity contribution < 1.29 is 22.7 Å². The summed E-state index contributed by atoms with van der Waals surface area (Å²) >= 11 is 0. The van der Waals surface area contributed by atoms with Gasteiger partial charge in [0.1, 0.15) is 0 Å². The molecule has 1 amide bonds. The Labute approximate surface area is 160 Å². The summed E-state index contributed by atoms with van der Waals surface area (Å²) in [5.41, 5.74) is 0. The number of nitrogens with one attached hydrogen (secondary N) is 2. The average Bonchev–Trinajstić information content (AvgIpc) is 2.97. The number of rotatable bonds is 6. The zero-order chi connectivity index (χ0) is 19.9. The molecule has 2 rings (SSSR count). The van der Waals surface area contributed by atoms with E-state index in [2.05, 4.69) is 15.6 Å². The predicted octanol–water partition coefficient (Wildman–Crippen LogP) is -0.470. The van der Waals surface area contributed by atoms with Crippen LogP contribution in [-0.4, -0.2) is 82.0 Å². The average molecular weight is 403 g/mol. The van der Waals surface area contributed by atoms with Gasteiger partial charge in [-0.3, -0.25) is 14.6 Å². The third-order valence-electron chi connectivity index (χ3n) is 4.79. The number of likely N-dealkylation sites (tertiary alicyclic amines) is 1. The van der Waals surface area contributed by atoms with Gasteiger partial charge in [0.2, 0.25) is 5.91 Å². The summed E-state index contributed by atoms with van der Waals surface area (Å²) in [6, 6.07) is -0.283. The van der Waals surface area contributed by atoms with Crippen LogP contribution in [0.1, 0.15) is 32.6 Å². The third-order valence-corrected chi connectivity index (χ3v) is 6.55. The van der Waals surface area contributed by atoms with Crippen molar-refractivity contribution in [2.24, 2.45) is 10.9 Å². The second-order valence-electron chi connectivity index (χ2n) is 6.93. The van der Waals surface area contributed by atoms with Crippen LogP contribution in [-0.2, 0) is 24.2 Å². The van der Waals surface area contributed by atoms with Crippen molar-refractivity contribution in [2.45, 2.75) is 38.6 Å². The summed E-state index contributed by atoms with van der Waals surface area (Å²) < 4.78 is 28.0. The molecule has 2 heterocycles. The van der Waals surface area contributed by atoms with Gasteiger partial charge in [0.25, 0.3) is 0 Å². The number of ether oxygens (including phenoxy) is 1. The van der Waals surface area contributed by atoms with Gasteiger partial charge in [-0.15, -0.1) is 0 Å². The van der Waals surface area contributed by atoms with E-state index in [1.807, 2.05) is 4.90 Å². The quantitative estimate of drug-likeness (QED) is 0.350. The molecule has 10 heteroatoms. The molecule has 2 aliphatic rings. The molecule has 2 saturated heterocycles. The first-order chi connectivity index (χ1) is 12.8. The number of carbonyl (C=O) groups excluding carboxylic acids is 2. The first-order valence-corrected chi connectivity index (χ1v) is 11.3. The molecule has 0 spiro atoms. The number of hydrogen-bond donors (Lipinski definition) is 2. The molecule has 0 radical (unpaired) electrons. The maximum Gasteiger partial charge on any atom is 0.310 e. The molecular formula is C17H30N4O5S. The monoisotopic (exact) mass is 402 g/mol. The molecular weight excluding hydrogens is 372 g/mol. The van der Waals surface area contributed by atoms with Gasteiger partial charge in [0, 0.05) is 39.1 Å². The number of sulfone groups is 1. The highest BCUT2D eigenvalue weighted by molar-refractivity contribution is 7.91. The van der Waals surface area contributed by atoms with Gasteiger partial charge in [-0.1, -0.05) is 0 Å². The molecule has 2 unspecified atom stereocenters. The molecule has 0 bridgehead atoms. The van der Waals surface area contributed by atoms with E-state index in [9.17, 15) is 18.0 Å². The minimum atomic E-state index is -3.00. The molecule has 2 aliphatic heterocycles. The summed E-state index contributed by atoms with van der Waals surface area (Å²) in [6.07, 6.45) is 2.39. The largest absolute Gasteiger partial charge is 0.466 e. The van der Waals surface area contributed by atoms with Crippen LogP contribution in [0.25, 0.3) is 0 Å². The Hall–Kier alpha value is -1.84. The molecule has 0 aromatic carbocycles. The highest BCUT2D eigenvalue weighted by Gasteiger charge is 2.29. The SMILES string of the molecule is CCOC(=O)C1CCCN(C(=NC)NCCC(=O)NC2CCS(=O)(=O)C2)C1. The topological polar surface area (TPSA) is 117 Å². The number of nitrogens with zero attached hydrogens (tertiary/aromatic N) is 2. The van der Waals surface area contributed by atoms with Gasteiger partial charge in [-0.25, -0.2) is 8.42 Å². The van der Waals surface area contributed by atoms with Gasteiger partial charge < -0.3 is 20.3 Å². The number of piperidine rings is 1. The molecule has 0 saturated carbocycles. The summed E-state index contributed by atoms with van der Waals surface area (Å²) in [6.45, 7) is 3.90. The number of hydrogen-bond acceptors (Lipinski definition) is 6. The van der Waals surface area contributed by atoms with Gasteiger partial charge in [0.15, 0.2) is 15.8 Å². The molecule has 0 aromatic rings. The molecule has 2 N–H and O–H groups in total. The fourth-order valence-corrected chi connectivity index (χ4v) is 5.12. The number of amides is 1. The Bertz CT molecular complexity index is 664. The molecule has 154 valence electrons. The van der Waals surface area contributed by atoms with E-state index < -0.39 is 9.84 Å². The summed E-state index contributed by atoms with van der Waals surface area (Å²) in [5, 5.41) is 5.92. The maximum atomic E-state index is 12.0. The lowest BCUT2D eigenvalue weighted by atomic mass is 9.98. The van der Waals surface area contributed by atoms with Crippen molar-refractivity contribution in [2.75, 3.05) is 44.8 Å². The van der Waals surface area contributed by atoms with Crippen LogP contribution in [0.15, 0.2) is 4.99 Å². The van der Waals surface area contributed by atoms with E-state index in [1.54, 1.807) is 14.0 Å². The molecule has 2 fully saturated rings. The smallest absolute Gasteiger partial charge is 0.310 e. The van der Waals surface area contributed by atoms with E-state index in [-0.39, 0.29) is 41.8 Å². The Balaban J connectivity index is 1.75. The zero-order valence-corrected chi connectivity index (χ0v) is 16.9. The first-order valence-electron chi connectivity index (χ1n) is 9.46. The van der Waals surface area contributed by atoms with Crippen LogP contribution >= 0.6 is 0 Å². The Morgan fingerprint density at radius 2 is 2.07 bits per heavy atom. The zero-order valence-electron chi connectivity index (χ0n) is 16.1. The van der Waals surface area contributed by atoms with Crippen molar-refractivity contribution in [3.63, 3.8) is 0 Å². The number of guanidine groups is 1. The predicted molar refractivity (Wildman–Crippen MR) is 102 cm³/mol. The second kappa shape index (κ2) is 9.91. The lowest BCUT2D eigenvalue weighted by Gasteiger charge is -2.33. The van der Waals surface area contributed by atoms with Crippen molar-refractivity contribution in [1.82, 2.24) is 15.5 Å². The van der Waals surface area contributed by atoms with E-state index in [1.165, 1.54) is 0 Å². The normalized spacial score (nSPS) is 25.1. The fraction of sp³-hybridized carbons (Fsp3) is 0.824.